The van der Waals surface area contributed by atoms with Crippen LogP contribution in [0.5, 0.6) is 5.75 Å². The third-order valence-electron chi connectivity index (χ3n) is 7.05. The number of nitrogens with zero attached hydrogens (tertiary/aromatic N) is 7. The molecular formula is C27H28N11NaO7S2. The number of phenolic OH excluding ortho intramolecular Hbond substituents is 1. The van der Waals surface area contributed by atoms with Crippen LogP contribution < -0.4 is 61.5 Å². The molecule has 0 aliphatic carbocycles. The van der Waals surface area contributed by atoms with Gasteiger partial charge in [-0.2, -0.15) is 0 Å². The third kappa shape index (κ3) is 7.51. The van der Waals surface area contributed by atoms with Crippen molar-refractivity contribution in [3.63, 3.8) is 0 Å². The van der Waals surface area contributed by atoms with E-state index in [1.807, 2.05) is 0 Å². The van der Waals surface area contributed by atoms with Gasteiger partial charge in [0.25, 0.3) is 11.5 Å². The van der Waals surface area contributed by atoms with E-state index in [9.17, 15) is 34.2 Å². The van der Waals surface area contributed by atoms with Crippen LogP contribution in [0.3, 0.4) is 0 Å². The number of primary amides is 1. The first-order chi connectivity index (χ1) is 22.4. The number of aromatic nitrogens is 6. The van der Waals surface area contributed by atoms with E-state index in [0.29, 0.717) is 22.2 Å². The van der Waals surface area contributed by atoms with E-state index >= 15 is 0 Å². The van der Waals surface area contributed by atoms with Gasteiger partial charge in [-0.25, -0.2) is 14.5 Å². The number of phenols is 1. The van der Waals surface area contributed by atoms with Crippen molar-refractivity contribution in [1.82, 2.24) is 40.4 Å². The van der Waals surface area contributed by atoms with Crippen molar-refractivity contribution in [2.45, 2.75) is 29.5 Å². The maximum atomic E-state index is 13.9. The number of thioether (sulfide) groups is 2. The summed E-state index contributed by atoms with van der Waals surface area (Å²) < 4.78 is 1.42. The van der Waals surface area contributed by atoms with Crippen molar-refractivity contribution in [3.05, 3.63) is 69.8 Å². The van der Waals surface area contributed by atoms with E-state index in [1.54, 1.807) is 14.0 Å². The second-order valence-corrected chi connectivity index (χ2v) is 12.5. The van der Waals surface area contributed by atoms with E-state index in [0.717, 1.165) is 16.7 Å². The quantitative estimate of drug-likeness (QED) is 0.0519. The van der Waals surface area contributed by atoms with E-state index in [-0.39, 0.29) is 69.7 Å². The van der Waals surface area contributed by atoms with Crippen LogP contribution in [0.4, 0.5) is 16.4 Å². The average molecular weight is 706 g/mol. The molecule has 0 saturated carbocycles. The van der Waals surface area contributed by atoms with Gasteiger partial charge < -0.3 is 31.4 Å². The Morgan fingerprint density at radius 3 is 2.58 bits per heavy atom. The molecule has 2 aliphatic rings. The van der Waals surface area contributed by atoms with Gasteiger partial charge in [0.2, 0.25) is 17.0 Å². The Balaban J connectivity index is 0.00000520. The number of hydrogen-bond acceptors (Lipinski definition) is 14. The van der Waals surface area contributed by atoms with Gasteiger partial charge in [-0.1, -0.05) is 36.0 Å². The molecule has 246 valence electrons. The first kappa shape index (κ1) is 36.5. The topological polar surface area (TPSA) is 257 Å². The summed E-state index contributed by atoms with van der Waals surface area (Å²) in [6.45, 7) is 5.83. The number of fused-ring (bicyclic) bond motifs is 1. The predicted octanol–water partition coefficient (Wildman–Crippen LogP) is -4.19. The molecule has 3 aromatic rings. The molecular weight excluding hydrogens is 677 g/mol. The van der Waals surface area contributed by atoms with Crippen molar-refractivity contribution < 1.29 is 58.9 Å². The van der Waals surface area contributed by atoms with E-state index < -0.39 is 46.8 Å². The van der Waals surface area contributed by atoms with E-state index in [4.69, 9.17) is 5.73 Å². The number of hydrogen-bond donors (Lipinski definition) is 5. The zero-order valence-corrected chi connectivity index (χ0v) is 29.5. The summed E-state index contributed by atoms with van der Waals surface area (Å²) >= 11 is 2.40. The number of aromatic amines is 1. The van der Waals surface area contributed by atoms with Gasteiger partial charge in [0.15, 0.2) is 0 Å². The maximum Gasteiger partial charge on any atom is 1.00 e. The molecule has 5 rings (SSSR count). The van der Waals surface area contributed by atoms with Gasteiger partial charge in [0.1, 0.15) is 28.9 Å². The molecule has 0 bridgehead atoms. The number of nitrogens with one attached hydrogen (secondary N) is 3. The minimum absolute atomic E-state index is 0. The van der Waals surface area contributed by atoms with Crippen molar-refractivity contribution >= 4 is 59.0 Å². The van der Waals surface area contributed by atoms with Gasteiger partial charge in [0, 0.05) is 25.1 Å². The molecule has 4 amide bonds. The van der Waals surface area contributed by atoms with Crippen LogP contribution in [-0.4, -0.2) is 93.5 Å². The van der Waals surface area contributed by atoms with Crippen LogP contribution in [0.1, 0.15) is 18.5 Å². The van der Waals surface area contributed by atoms with Gasteiger partial charge >= 0.3 is 35.6 Å². The van der Waals surface area contributed by atoms with Gasteiger partial charge in [-0.05, 0) is 40.6 Å². The zero-order valence-electron chi connectivity index (χ0n) is 25.9. The minimum Gasteiger partial charge on any atom is -0.543 e. The number of carbonyl (C=O) groups is 4. The Labute approximate surface area is 302 Å². The van der Waals surface area contributed by atoms with Crippen molar-refractivity contribution in [2.24, 2.45) is 12.8 Å². The summed E-state index contributed by atoms with van der Waals surface area (Å²) in [5, 5.41) is 38.3. The number of anilines is 2. The Morgan fingerprint density at radius 1 is 1.29 bits per heavy atom. The molecule has 1 aromatic carbocycles. The molecule has 4 heterocycles. The Bertz CT molecular complexity index is 1850. The smallest absolute Gasteiger partial charge is 0.543 e. The molecule has 2 aromatic heterocycles. The van der Waals surface area contributed by atoms with Crippen LogP contribution in [0.15, 0.2) is 63.8 Å². The van der Waals surface area contributed by atoms with Crippen LogP contribution >= 0.6 is 23.5 Å². The molecule has 1 saturated heterocycles. The molecule has 3 atom stereocenters. The summed E-state index contributed by atoms with van der Waals surface area (Å²) in [5.41, 5.74) is 5.53. The number of aliphatic carboxylic acids is 1. The molecule has 1 fully saturated rings. The van der Waals surface area contributed by atoms with Gasteiger partial charge in [-0.3, -0.25) is 29.2 Å². The normalized spacial score (nSPS) is 17.4. The molecule has 48 heavy (non-hydrogen) atoms. The van der Waals surface area contributed by atoms with Crippen molar-refractivity contribution in [2.75, 3.05) is 28.3 Å². The number of carboxylic acids is 1. The fourth-order valence-electron chi connectivity index (χ4n) is 4.85. The Kier molecular flexibility index (Phi) is 11.6. The van der Waals surface area contributed by atoms with Crippen LogP contribution in [0.25, 0.3) is 0 Å². The number of urea groups is 1. The molecule has 21 heteroatoms. The standard InChI is InChI=1S/C27H29N11O7S2.Na/c1-12(2)8-29-26-30-9-16(20(40)32-26)37(25(28)45)18(13-4-6-15(39)7-5-13)21(41)31-17-22(42)38-19(24(43)44)14(10-46-23(17)38)11-47-27-33-34-35-36(27)3;/h4-7,9,17-18,23,39H,1,8,10-11H2,2-3H3,(H2,28,45)(H,31,41)(H,43,44)(H2,29,30,32,40);/q;+1/p-1/t17?,18?,23-;/m0./s1. The minimum atomic E-state index is -1.61. The number of amides is 4. The van der Waals surface area contributed by atoms with Crippen molar-refractivity contribution in [3.8, 4) is 5.75 Å². The number of carbonyl (C=O) groups excluding carboxylic acids is 4. The van der Waals surface area contributed by atoms with E-state index in [1.165, 1.54) is 52.5 Å². The molecule has 0 spiro atoms. The molecule has 18 nitrogen and oxygen atoms in total. The summed E-state index contributed by atoms with van der Waals surface area (Å²) in [5.74, 6) is -2.89. The number of nitrogens with two attached hydrogens (primary N) is 1. The van der Waals surface area contributed by atoms with Crippen LogP contribution in [-0.2, 0) is 21.4 Å². The number of rotatable bonds is 12. The molecule has 2 unspecified atom stereocenters. The van der Waals surface area contributed by atoms with Crippen LogP contribution in [0, 0.1) is 0 Å². The number of tetrazole rings is 1. The fraction of sp³-hybridized carbons (Fsp3) is 0.296. The molecule has 0 radical (unpaired) electrons. The number of benzene rings is 1. The number of carboxylic acid groups (broad SMARTS) is 1. The van der Waals surface area contributed by atoms with Gasteiger partial charge in [-0.15, -0.1) is 16.9 Å². The number of aryl methyl sites for hydroxylation is 1. The monoisotopic (exact) mass is 705 g/mol. The predicted molar refractivity (Wildman–Crippen MR) is 168 cm³/mol. The summed E-state index contributed by atoms with van der Waals surface area (Å²) in [6.07, 6.45) is 1.06. The largest absolute Gasteiger partial charge is 1.00 e. The van der Waals surface area contributed by atoms with Crippen LogP contribution in [0.2, 0.25) is 0 Å². The SMILES string of the molecule is C=C(C)CNc1ncc(N(C(N)=O)C(C(=O)NC2C(=O)N3C(C(=O)[O-])=C(CSc4nnnn4C)CS[C@@H]23)c2ccc(O)cc2)c(=O)[nH]1.[Na+]. The summed E-state index contributed by atoms with van der Waals surface area (Å²) in [6, 6.07) is 1.23. The Morgan fingerprint density at radius 2 is 2.00 bits per heavy atom. The van der Waals surface area contributed by atoms with Crippen molar-refractivity contribution in [1.29, 1.82) is 0 Å². The maximum absolute atomic E-state index is 13.9. The first-order valence-corrected chi connectivity index (χ1v) is 15.8. The third-order valence-corrected chi connectivity index (χ3v) is 9.48. The Hall–Kier alpha value is -4.37. The second kappa shape index (κ2) is 15.2. The average Bonchev–Trinajstić information content (AvgIpc) is 3.44. The molecule has 6 N–H and O–H groups in total. The summed E-state index contributed by atoms with van der Waals surface area (Å²) in [4.78, 5) is 73.9. The molecule has 2 aliphatic heterocycles. The summed E-state index contributed by atoms with van der Waals surface area (Å²) in [7, 11) is 1.63. The number of aromatic hydroxyl groups is 1. The second-order valence-electron chi connectivity index (χ2n) is 10.5. The van der Waals surface area contributed by atoms with E-state index in [2.05, 4.69) is 42.7 Å². The number of β-lactam (4-membered cyclic amide) rings is 1. The number of H-pyrrole nitrogens is 1. The first-order valence-electron chi connectivity index (χ1n) is 13.8. The van der Waals surface area contributed by atoms with Gasteiger partial charge in [0.05, 0.1) is 17.9 Å². The fourth-order valence-corrected chi connectivity index (χ4v) is 7.19. The zero-order chi connectivity index (χ0) is 34.0.